The maximum Gasteiger partial charge on any atom is 0.337 e. The molecular weight excluding hydrogens is 749 g/mol. The zero-order chi connectivity index (χ0) is 37.7. The quantitative estimate of drug-likeness (QED) is 0.0847. The number of nitrogens with two attached hydrogens (primary N) is 1. The highest BCUT2D eigenvalue weighted by Gasteiger charge is 2.35. The SMILES string of the molecule is Nc1nc(Nc2cc(S(=O)(=O)O)ccc2C(=O)O)nc(Nc2cccc3c2C(=O)/C(=N\Nc2cc4c(cc2S(=O)(=O)O)CCC4)C(S(=O)(=O)O)=C3)n1. The number of hydrogen-bond donors (Lipinski definition) is 8. The molecule has 0 aliphatic heterocycles. The smallest absolute Gasteiger partial charge is 0.337 e. The molecule has 0 radical (unpaired) electrons. The van der Waals surface area contributed by atoms with Gasteiger partial charge < -0.3 is 21.5 Å². The first-order chi connectivity index (χ1) is 24.3. The number of nitrogens with zero attached hydrogens (tertiary/aromatic N) is 4. The van der Waals surface area contributed by atoms with Crippen molar-refractivity contribution in [3.63, 3.8) is 0 Å². The van der Waals surface area contributed by atoms with Gasteiger partial charge in [0, 0.05) is 0 Å². The fourth-order valence-electron chi connectivity index (χ4n) is 5.53. The summed E-state index contributed by atoms with van der Waals surface area (Å²) in [4.78, 5) is 35.5. The van der Waals surface area contributed by atoms with E-state index in [9.17, 15) is 53.6 Å². The molecule has 9 N–H and O–H groups in total. The molecule has 0 saturated heterocycles. The molecule has 1 aromatic heterocycles. The summed E-state index contributed by atoms with van der Waals surface area (Å²) in [5.74, 6) is -3.76. The molecule has 6 rings (SSSR count). The van der Waals surface area contributed by atoms with Gasteiger partial charge in [0.05, 0.1) is 33.1 Å². The lowest BCUT2D eigenvalue weighted by molar-refractivity contribution is 0.0697. The third-order valence-corrected chi connectivity index (χ3v) is 10.4. The summed E-state index contributed by atoms with van der Waals surface area (Å²) >= 11 is 0. The van der Waals surface area contributed by atoms with E-state index in [4.69, 9.17) is 5.73 Å². The van der Waals surface area contributed by atoms with Crippen LogP contribution in [0, 0.1) is 0 Å². The predicted octanol–water partition coefficient (Wildman–Crippen LogP) is 2.51. The number of hydrazone groups is 1. The Kier molecular flexibility index (Phi) is 9.02. The Morgan fingerprint density at radius 2 is 1.44 bits per heavy atom. The first kappa shape index (κ1) is 36.0. The molecule has 23 heteroatoms. The van der Waals surface area contributed by atoms with Gasteiger partial charge in [0.2, 0.25) is 23.6 Å². The number of aryl methyl sites for hydroxylation is 2. The molecule has 1 heterocycles. The van der Waals surface area contributed by atoms with Gasteiger partial charge in [0.1, 0.15) is 9.80 Å². The maximum absolute atomic E-state index is 14.0. The standard InChI is InChI=1S/C29H24N8O12S3/c30-27-33-28(35-29(34-27)32-19-12-16(50(41,42)43)7-8-17(19)26(39)40)31-18-6-2-5-15-11-22(52(47,48)49)24(25(38)23(15)18)37-36-20-9-13-3-1-4-14(13)10-21(20)51(44,45)46/h2,5-12,36H,1,3-4H2,(H,39,40)(H,41,42,43)(H,44,45,46)(H,47,48,49)(H4,30,31,32,33,34,35)/b37-24-. The maximum atomic E-state index is 14.0. The van der Waals surface area contributed by atoms with Crippen molar-refractivity contribution in [3.8, 4) is 0 Å². The largest absolute Gasteiger partial charge is 0.478 e. The Balaban J connectivity index is 1.39. The second kappa shape index (κ2) is 13.0. The molecule has 0 fully saturated rings. The van der Waals surface area contributed by atoms with Gasteiger partial charge in [0.15, 0.2) is 5.71 Å². The van der Waals surface area contributed by atoms with Crippen molar-refractivity contribution in [1.82, 2.24) is 15.0 Å². The molecule has 20 nitrogen and oxygen atoms in total. The zero-order valence-electron chi connectivity index (χ0n) is 26.0. The Bertz CT molecular complexity index is 2630. The number of nitrogen functional groups attached to an aromatic ring is 1. The highest BCUT2D eigenvalue weighted by atomic mass is 32.2. The van der Waals surface area contributed by atoms with Crippen LogP contribution in [-0.2, 0) is 43.2 Å². The molecular formula is C29H24N8O12S3. The van der Waals surface area contributed by atoms with Crippen LogP contribution in [0.1, 0.15) is 43.8 Å². The number of carbonyl (C=O) groups is 2. The van der Waals surface area contributed by atoms with E-state index in [2.05, 4.69) is 36.1 Å². The molecule has 0 spiro atoms. The highest BCUT2D eigenvalue weighted by molar-refractivity contribution is 7.91. The number of allylic oxidation sites excluding steroid dienone is 1. The van der Waals surface area contributed by atoms with Crippen LogP contribution in [-0.4, -0.2) is 76.4 Å². The minimum absolute atomic E-state index is 0.0220. The topological polar surface area (TPSA) is 331 Å². The number of aromatic carboxylic acids is 1. The summed E-state index contributed by atoms with van der Waals surface area (Å²) in [6.07, 6.45) is 2.80. The summed E-state index contributed by atoms with van der Waals surface area (Å²) in [6, 6.07) is 9.34. The van der Waals surface area contributed by atoms with Gasteiger partial charge in [-0.1, -0.05) is 12.1 Å². The lowest BCUT2D eigenvalue weighted by Crippen LogP contribution is -2.28. The summed E-state index contributed by atoms with van der Waals surface area (Å²) in [5.41, 5.74) is 7.39. The molecule has 3 aromatic carbocycles. The Labute approximate surface area is 293 Å². The van der Waals surface area contributed by atoms with Crippen molar-refractivity contribution in [1.29, 1.82) is 0 Å². The van der Waals surface area contributed by atoms with Gasteiger partial charge in [-0.15, -0.1) is 0 Å². The number of rotatable bonds is 10. The minimum atomic E-state index is -5.11. The van der Waals surface area contributed by atoms with Crippen LogP contribution in [0.2, 0.25) is 0 Å². The van der Waals surface area contributed by atoms with E-state index in [1.54, 1.807) is 0 Å². The molecule has 0 unspecified atom stereocenters. The first-order valence-corrected chi connectivity index (χ1v) is 18.9. The third-order valence-electron chi connectivity index (χ3n) is 7.76. The van der Waals surface area contributed by atoms with Gasteiger partial charge in [-0.05, 0) is 78.4 Å². The van der Waals surface area contributed by atoms with Crippen LogP contribution in [0.5, 0.6) is 0 Å². The van der Waals surface area contributed by atoms with Crippen LogP contribution in [0.3, 0.4) is 0 Å². The van der Waals surface area contributed by atoms with E-state index in [1.165, 1.54) is 30.3 Å². The molecule has 2 aliphatic rings. The second-order valence-corrected chi connectivity index (χ2v) is 15.4. The molecule has 0 atom stereocenters. The highest BCUT2D eigenvalue weighted by Crippen LogP contribution is 2.34. The second-order valence-electron chi connectivity index (χ2n) is 11.2. The van der Waals surface area contributed by atoms with Crippen molar-refractivity contribution < 1.29 is 53.6 Å². The number of carbonyl (C=O) groups excluding carboxylic acids is 1. The number of Topliss-reactive ketones (excluding diaryl/α,β-unsaturated/α-hetero) is 1. The van der Waals surface area contributed by atoms with Crippen molar-refractivity contribution in [2.75, 3.05) is 21.8 Å². The van der Waals surface area contributed by atoms with Crippen LogP contribution >= 0.6 is 0 Å². The summed E-state index contributed by atoms with van der Waals surface area (Å²) in [5, 5.41) is 18.7. The molecule has 2 aliphatic carbocycles. The molecule has 0 bridgehead atoms. The van der Waals surface area contributed by atoms with E-state index in [0.29, 0.717) is 24.8 Å². The summed E-state index contributed by atoms with van der Waals surface area (Å²) in [7, 11) is -14.7. The fraction of sp³-hybridized carbons (Fsp3) is 0.103. The minimum Gasteiger partial charge on any atom is -0.478 e. The summed E-state index contributed by atoms with van der Waals surface area (Å²) in [6.45, 7) is 0. The van der Waals surface area contributed by atoms with E-state index >= 15 is 0 Å². The number of aromatic nitrogens is 3. The van der Waals surface area contributed by atoms with Gasteiger partial charge >= 0.3 is 5.97 Å². The fourth-order valence-corrected chi connectivity index (χ4v) is 7.37. The average Bonchev–Trinajstić information content (AvgIpc) is 3.50. The normalized spacial score (nSPS) is 15.1. The number of fused-ring (bicyclic) bond motifs is 2. The Morgan fingerprint density at radius 1 is 0.788 bits per heavy atom. The van der Waals surface area contributed by atoms with Crippen LogP contribution in [0.4, 0.5) is 34.9 Å². The van der Waals surface area contributed by atoms with Gasteiger partial charge in [-0.25, -0.2) is 4.79 Å². The molecule has 4 aromatic rings. The summed E-state index contributed by atoms with van der Waals surface area (Å²) < 4.78 is 102. The number of carboxylic acid groups (broad SMARTS) is 1. The molecule has 52 heavy (non-hydrogen) atoms. The van der Waals surface area contributed by atoms with E-state index in [1.807, 2.05) is 0 Å². The van der Waals surface area contributed by atoms with Crippen molar-refractivity contribution >= 4 is 88.8 Å². The van der Waals surface area contributed by atoms with E-state index in [-0.39, 0.29) is 34.1 Å². The zero-order valence-corrected chi connectivity index (χ0v) is 28.4. The lowest BCUT2D eigenvalue weighted by atomic mass is 9.93. The van der Waals surface area contributed by atoms with E-state index in [0.717, 1.165) is 29.8 Å². The number of anilines is 6. The predicted molar refractivity (Wildman–Crippen MR) is 184 cm³/mol. The molecule has 0 saturated carbocycles. The van der Waals surface area contributed by atoms with Crippen LogP contribution < -0.4 is 21.8 Å². The van der Waals surface area contributed by atoms with E-state index < -0.39 is 80.0 Å². The Hall–Kier alpha value is -5.85. The number of benzene rings is 3. The number of carboxylic acids is 1. The van der Waals surface area contributed by atoms with Gasteiger partial charge in [0.25, 0.3) is 30.4 Å². The van der Waals surface area contributed by atoms with Crippen molar-refractivity contribution in [2.24, 2.45) is 5.10 Å². The first-order valence-electron chi connectivity index (χ1n) is 14.5. The lowest BCUT2D eigenvalue weighted by Gasteiger charge is -2.20. The van der Waals surface area contributed by atoms with Gasteiger partial charge in [-0.2, -0.15) is 45.3 Å². The third kappa shape index (κ3) is 7.30. The molecule has 0 amide bonds. The number of nitrogens with one attached hydrogen (secondary N) is 3. The molecule has 270 valence electrons. The van der Waals surface area contributed by atoms with Gasteiger partial charge in [-0.3, -0.25) is 23.9 Å². The number of hydrogen-bond acceptors (Lipinski definition) is 16. The van der Waals surface area contributed by atoms with Crippen LogP contribution in [0.25, 0.3) is 6.08 Å². The van der Waals surface area contributed by atoms with Crippen molar-refractivity contribution in [3.05, 3.63) is 81.3 Å². The van der Waals surface area contributed by atoms with Crippen molar-refractivity contribution in [2.45, 2.75) is 29.1 Å². The average molecular weight is 773 g/mol. The number of ketones is 1. The monoisotopic (exact) mass is 772 g/mol. The van der Waals surface area contributed by atoms with Crippen LogP contribution in [0.15, 0.2) is 68.3 Å². The Morgan fingerprint density at radius 3 is 2.06 bits per heavy atom.